The van der Waals surface area contributed by atoms with E-state index in [0.717, 1.165) is 11.5 Å². The first kappa shape index (κ1) is 18.8. The van der Waals surface area contributed by atoms with Gasteiger partial charge >= 0.3 is 12.1 Å². The Hall–Kier alpha value is -2.56. The Kier molecular flexibility index (Phi) is 6.02. The van der Waals surface area contributed by atoms with E-state index in [-0.39, 0.29) is 16.5 Å². The lowest BCUT2D eigenvalue weighted by Gasteiger charge is -2.22. The van der Waals surface area contributed by atoms with E-state index in [1.165, 1.54) is 18.5 Å². The van der Waals surface area contributed by atoms with Crippen LogP contribution in [0, 0.1) is 0 Å². The average Bonchev–Trinajstić information content (AvgIpc) is 3.07. The van der Waals surface area contributed by atoms with Gasteiger partial charge in [-0.05, 0) is 32.0 Å². The molecule has 1 aromatic heterocycles. The lowest BCUT2D eigenvalue weighted by atomic mass is 10.2. The molecule has 0 unspecified atom stereocenters. The van der Waals surface area contributed by atoms with E-state index in [4.69, 9.17) is 0 Å². The molecule has 7 nitrogen and oxygen atoms in total. The molecule has 0 aliphatic heterocycles. The zero-order chi connectivity index (χ0) is 18.4. The molecular formula is C14H15F3N6OS. The number of benzene rings is 1. The van der Waals surface area contributed by atoms with Crippen molar-refractivity contribution in [2.75, 3.05) is 23.3 Å². The van der Waals surface area contributed by atoms with Crippen molar-refractivity contribution in [3.8, 4) is 0 Å². The number of carbonyl (C=O) groups excluding carboxylic acids is 1. The molecular weight excluding hydrogens is 357 g/mol. The van der Waals surface area contributed by atoms with E-state index in [2.05, 4.69) is 19.6 Å². The maximum atomic E-state index is 12.6. The van der Waals surface area contributed by atoms with E-state index < -0.39 is 12.1 Å². The van der Waals surface area contributed by atoms with Crippen molar-refractivity contribution in [1.29, 1.82) is 0 Å². The van der Waals surface area contributed by atoms with Crippen molar-refractivity contribution < 1.29 is 18.0 Å². The molecule has 2 rings (SSSR count). The molecule has 0 radical (unpaired) electrons. The first-order chi connectivity index (χ1) is 11.8. The maximum absolute atomic E-state index is 12.6. The molecule has 0 aliphatic carbocycles. The SMILES string of the molecule is CCN(CC)c1ccc(N=Nc2ncns2)c(NC(=O)C(F)(F)F)c1. The molecule has 134 valence electrons. The number of alkyl halides is 3. The van der Waals surface area contributed by atoms with Gasteiger partial charge in [-0.3, -0.25) is 4.79 Å². The Morgan fingerprint density at radius 2 is 2.00 bits per heavy atom. The fourth-order valence-electron chi connectivity index (χ4n) is 2.00. The molecule has 1 heterocycles. The monoisotopic (exact) mass is 372 g/mol. The molecule has 1 aromatic carbocycles. The zero-order valence-corrected chi connectivity index (χ0v) is 14.2. The molecule has 0 saturated carbocycles. The highest BCUT2D eigenvalue weighted by Crippen LogP contribution is 2.33. The van der Waals surface area contributed by atoms with E-state index >= 15 is 0 Å². The summed E-state index contributed by atoms with van der Waals surface area (Å²) >= 11 is 0.984. The standard InChI is InChI=1S/C14H15F3N6OS/c1-3-23(4-2)9-5-6-10(21-22-13-18-8-19-25-13)11(7-9)20-12(24)14(15,16)17/h5-8H,3-4H2,1-2H3,(H,20,24). The van der Waals surface area contributed by atoms with Crippen LogP contribution in [0.15, 0.2) is 34.8 Å². The van der Waals surface area contributed by atoms with Gasteiger partial charge in [-0.15, -0.1) is 10.2 Å². The second kappa shape index (κ2) is 8.01. The predicted octanol–water partition coefficient (Wildman–Crippen LogP) is 4.30. The molecule has 25 heavy (non-hydrogen) atoms. The molecule has 0 spiro atoms. The number of carbonyl (C=O) groups is 1. The Balaban J connectivity index is 2.38. The van der Waals surface area contributed by atoms with Crippen LogP contribution in [0.2, 0.25) is 0 Å². The number of nitrogens with one attached hydrogen (secondary N) is 1. The number of anilines is 2. The summed E-state index contributed by atoms with van der Waals surface area (Å²) in [5.41, 5.74) is 0.668. The van der Waals surface area contributed by atoms with Crippen molar-refractivity contribution >= 4 is 39.6 Å². The van der Waals surface area contributed by atoms with Crippen LogP contribution in [0.4, 0.5) is 35.4 Å². The minimum absolute atomic E-state index is 0.0833. The van der Waals surface area contributed by atoms with E-state index in [9.17, 15) is 18.0 Å². The van der Waals surface area contributed by atoms with Gasteiger partial charge in [-0.25, -0.2) is 4.98 Å². The van der Waals surface area contributed by atoms with Gasteiger partial charge in [-0.2, -0.15) is 17.5 Å². The molecule has 1 amide bonds. The van der Waals surface area contributed by atoms with Gasteiger partial charge in [0.2, 0.25) is 5.13 Å². The summed E-state index contributed by atoms with van der Waals surface area (Å²) in [6, 6.07) is 4.62. The van der Waals surface area contributed by atoms with Crippen molar-refractivity contribution in [1.82, 2.24) is 9.36 Å². The van der Waals surface area contributed by atoms with E-state index in [0.29, 0.717) is 18.8 Å². The first-order valence-electron chi connectivity index (χ1n) is 7.30. The highest BCUT2D eigenvalue weighted by Gasteiger charge is 2.39. The molecule has 0 atom stereocenters. The minimum atomic E-state index is -5.00. The number of hydrogen-bond acceptors (Lipinski definition) is 7. The number of halogens is 3. The summed E-state index contributed by atoms with van der Waals surface area (Å²) in [5.74, 6) is -2.07. The molecule has 11 heteroatoms. The van der Waals surface area contributed by atoms with Crippen LogP contribution in [0.25, 0.3) is 0 Å². The van der Waals surface area contributed by atoms with Crippen LogP contribution in [0.5, 0.6) is 0 Å². The van der Waals surface area contributed by atoms with Gasteiger partial charge in [0.1, 0.15) is 12.0 Å². The van der Waals surface area contributed by atoms with Gasteiger partial charge in [0, 0.05) is 30.3 Å². The molecule has 0 aliphatic rings. The topological polar surface area (TPSA) is 82.8 Å². The highest BCUT2D eigenvalue weighted by molar-refractivity contribution is 7.09. The second-order valence-corrected chi connectivity index (χ2v) is 5.51. The van der Waals surface area contributed by atoms with Gasteiger partial charge in [0.05, 0.1) is 5.69 Å². The lowest BCUT2D eigenvalue weighted by Crippen LogP contribution is -2.30. The summed E-state index contributed by atoms with van der Waals surface area (Å²) in [6.45, 7) is 5.16. The van der Waals surface area contributed by atoms with Gasteiger partial charge in [0.15, 0.2) is 0 Å². The number of rotatable bonds is 6. The second-order valence-electron chi connectivity index (χ2n) is 4.75. The van der Waals surface area contributed by atoms with Gasteiger partial charge in [0.25, 0.3) is 0 Å². The number of amides is 1. The van der Waals surface area contributed by atoms with E-state index in [1.807, 2.05) is 24.1 Å². The predicted molar refractivity (Wildman–Crippen MR) is 88.8 cm³/mol. The summed E-state index contributed by atoms with van der Waals surface area (Å²) in [6.07, 6.45) is -3.71. The van der Waals surface area contributed by atoms with E-state index in [1.54, 1.807) is 6.07 Å². The van der Waals surface area contributed by atoms with Crippen LogP contribution in [0.1, 0.15) is 13.8 Å². The minimum Gasteiger partial charge on any atom is -0.372 e. The Bertz CT molecular complexity index is 744. The van der Waals surface area contributed by atoms with Gasteiger partial charge < -0.3 is 10.2 Å². The summed E-state index contributed by atoms with van der Waals surface area (Å²) < 4.78 is 41.5. The van der Waals surface area contributed by atoms with Crippen molar-refractivity contribution in [3.05, 3.63) is 24.5 Å². The summed E-state index contributed by atoms with van der Waals surface area (Å²) in [7, 11) is 0. The average molecular weight is 372 g/mol. The third-order valence-corrected chi connectivity index (χ3v) is 3.76. The maximum Gasteiger partial charge on any atom is 0.471 e. The van der Waals surface area contributed by atoms with Crippen molar-refractivity contribution in [2.45, 2.75) is 20.0 Å². The van der Waals surface area contributed by atoms with Crippen LogP contribution in [0.3, 0.4) is 0 Å². The zero-order valence-electron chi connectivity index (χ0n) is 13.4. The molecule has 0 fully saturated rings. The van der Waals surface area contributed by atoms with Crippen LogP contribution < -0.4 is 10.2 Å². The lowest BCUT2D eigenvalue weighted by molar-refractivity contribution is -0.167. The fourth-order valence-corrected chi connectivity index (χ4v) is 2.36. The van der Waals surface area contributed by atoms with Crippen LogP contribution >= 0.6 is 11.5 Å². The van der Waals surface area contributed by atoms with Crippen LogP contribution in [-0.2, 0) is 4.79 Å². The number of azo groups is 1. The highest BCUT2D eigenvalue weighted by atomic mass is 32.1. The third-order valence-electron chi connectivity index (χ3n) is 3.21. The molecule has 0 saturated heterocycles. The van der Waals surface area contributed by atoms with Crippen LogP contribution in [-0.4, -0.2) is 34.5 Å². The summed E-state index contributed by atoms with van der Waals surface area (Å²) in [5, 5.41) is 9.77. The Morgan fingerprint density at radius 1 is 1.28 bits per heavy atom. The smallest absolute Gasteiger partial charge is 0.372 e. The normalized spacial score (nSPS) is 11.7. The number of hydrogen-bond donors (Lipinski definition) is 1. The number of nitrogens with zero attached hydrogens (tertiary/aromatic N) is 5. The molecule has 1 N–H and O–H groups in total. The van der Waals surface area contributed by atoms with Crippen molar-refractivity contribution in [2.24, 2.45) is 10.2 Å². The third kappa shape index (κ3) is 4.95. The largest absolute Gasteiger partial charge is 0.471 e. The number of aromatic nitrogens is 2. The van der Waals surface area contributed by atoms with Gasteiger partial charge in [-0.1, -0.05) is 0 Å². The first-order valence-corrected chi connectivity index (χ1v) is 8.08. The molecule has 0 bridgehead atoms. The Morgan fingerprint density at radius 3 is 2.56 bits per heavy atom. The quantitative estimate of drug-likeness (QED) is 0.767. The fraction of sp³-hybridized carbons (Fsp3) is 0.357. The van der Waals surface area contributed by atoms with Crippen molar-refractivity contribution in [3.63, 3.8) is 0 Å². The summed E-state index contributed by atoms with van der Waals surface area (Å²) in [4.78, 5) is 17.0. The molecule has 2 aromatic rings. The Labute approximate surface area is 145 Å².